The number of amides is 3. The molecule has 248 valence electrons. The predicted molar refractivity (Wildman–Crippen MR) is 171 cm³/mol. The third-order valence-electron chi connectivity index (χ3n) is 7.83. The maximum atomic E-state index is 13.6. The molecule has 11 heteroatoms. The van der Waals surface area contributed by atoms with Gasteiger partial charge in [-0.15, -0.1) is 0 Å². The second-order valence-corrected chi connectivity index (χ2v) is 13.1. The molecule has 2 aromatic rings. The van der Waals surface area contributed by atoms with Gasteiger partial charge < -0.3 is 30.5 Å². The van der Waals surface area contributed by atoms with Crippen molar-refractivity contribution in [1.82, 2.24) is 26.4 Å². The van der Waals surface area contributed by atoms with Crippen molar-refractivity contribution in [2.75, 3.05) is 19.7 Å². The molecule has 0 saturated carbocycles. The van der Waals surface area contributed by atoms with Gasteiger partial charge in [-0.3, -0.25) is 19.2 Å². The normalized spacial score (nSPS) is 17.9. The van der Waals surface area contributed by atoms with Crippen LogP contribution in [0.1, 0.15) is 77.8 Å². The Kier molecular flexibility index (Phi) is 13.7. The summed E-state index contributed by atoms with van der Waals surface area (Å²) in [5.41, 5.74) is 0.784. The molecule has 1 aromatic heterocycles. The van der Waals surface area contributed by atoms with Crippen LogP contribution in [0.25, 0.3) is 0 Å². The average Bonchev–Trinajstić information content (AvgIpc) is 3.59. The first-order valence-electron chi connectivity index (χ1n) is 16.1. The van der Waals surface area contributed by atoms with Gasteiger partial charge in [0, 0.05) is 25.1 Å². The topological polar surface area (TPSA) is 155 Å². The van der Waals surface area contributed by atoms with E-state index in [0.29, 0.717) is 56.2 Å². The smallest absolute Gasteiger partial charge is 0.242 e. The van der Waals surface area contributed by atoms with Crippen molar-refractivity contribution < 1.29 is 28.4 Å². The van der Waals surface area contributed by atoms with Crippen molar-refractivity contribution >= 4 is 23.5 Å². The van der Waals surface area contributed by atoms with Crippen molar-refractivity contribution in [2.24, 2.45) is 11.8 Å². The lowest BCUT2D eigenvalue weighted by Gasteiger charge is -2.27. The predicted octanol–water partition coefficient (Wildman–Crippen LogP) is 2.91. The zero-order valence-corrected chi connectivity index (χ0v) is 27.6. The van der Waals surface area contributed by atoms with Crippen LogP contribution in [0.5, 0.6) is 0 Å². The Balaban J connectivity index is 1.64. The number of benzene rings is 1. The van der Waals surface area contributed by atoms with Gasteiger partial charge in [-0.1, -0.05) is 70.1 Å². The fourth-order valence-corrected chi connectivity index (χ4v) is 5.06. The minimum Gasteiger partial charge on any atom is -0.362 e. The Bertz CT molecular complexity index is 1260. The number of carbonyl (C=O) groups excluding carboxylic acids is 4. The molecule has 2 heterocycles. The van der Waals surface area contributed by atoms with Crippen LogP contribution in [0.2, 0.25) is 0 Å². The van der Waals surface area contributed by atoms with E-state index in [4.69, 9.17) is 9.26 Å². The van der Waals surface area contributed by atoms with Gasteiger partial charge in [0.25, 0.3) is 0 Å². The molecule has 1 saturated heterocycles. The Morgan fingerprint density at radius 3 is 2.27 bits per heavy atom. The fourth-order valence-electron chi connectivity index (χ4n) is 5.06. The lowest BCUT2D eigenvalue weighted by Crippen LogP contribution is -2.55. The zero-order valence-electron chi connectivity index (χ0n) is 27.6. The highest BCUT2D eigenvalue weighted by molar-refractivity contribution is 5.94. The third-order valence-corrected chi connectivity index (χ3v) is 7.83. The maximum absolute atomic E-state index is 13.6. The third kappa shape index (κ3) is 12.4. The monoisotopic (exact) mass is 625 g/mol. The lowest BCUT2D eigenvalue weighted by molar-refractivity contribution is -0.130. The molecule has 1 fully saturated rings. The highest BCUT2D eigenvalue weighted by atomic mass is 16.6. The van der Waals surface area contributed by atoms with E-state index in [9.17, 15) is 19.2 Å². The molecule has 4 atom stereocenters. The van der Waals surface area contributed by atoms with Crippen molar-refractivity contribution in [3.05, 3.63) is 53.4 Å². The minimum atomic E-state index is -0.799. The van der Waals surface area contributed by atoms with E-state index < -0.39 is 23.6 Å². The van der Waals surface area contributed by atoms with Crippen LogP contribution < -0.4 is 21.3 Å². The van der Waals surface area contributed by atoms with Crippen molar-refractivity contribution in [1.29, 1.82) is 0 Å². The van der Waals surface area contributed by atoms with E-state index in [0.717, 1.165) is 12.0 Å². The van der Waals surface area contributed by atoms with Gasteiger partial charge >= 0.3 is 0 Å². The second kappa shape index (κ2) is 17.2. The summed E-state index contributed by atoms with van der Waals surface area (Å²) in [6, 6.07) is 10.0. The molecule has 4 N–H and O–H groups in total. The van der Waals surface area contributed by atoms with Gasteiger partial charge in [0.05, 0.1) is 31.3 Å². The van der Waals surface area contributed by atoms with E-state index in [1.54, 1.807) is 6.07 Å². The summed E-state index contributed by atoms with van der Waals surface area (Å²) in [6.07, 6.45) is 3.18. The number of nitrogens with zero attached hydrogens (tertiary/aromatic N) is 1. The first kappa shape index (κ1) is 35.9. The Morgan fingerprint density at radius 1 is 0.956 bits per heavy atom. The number of aromatic nitrogens is 1. The van der Waals surface area contributed by atoms with Gasteiger partial charge in [0.15, 0.2) is 5.78 Å². The molecule has 1 aromatic carbocycles. The Hall–Kier alpha value is -3.57. The van der Waals surface area contributed by atoms with E-state index >= 15 is 0 Å². The van der Waals surface area contributed by atoms with Gasteiger partial charge in [-0.2, -0.15) is 0 Å². The molecule has 1 aliphatic rings. The summed E-state index contributed by atoms with van der Waals surface area (Å²) in [7, 11) is 0. The summed E-state index contributed by atoms with van der Waals surface area (Å²) >= 11 is 0. The van der Waals surface area contributed by atoms with Crippen molar-refractivity contribution in [3.8, 4) is 0 Å². The molecule has 1 aliphatic heterocycles. The van der Waals surface area contributed by atoms with E-state index in [2.05, 4.69) is 40.3 Å². The van der Waals surface area contributed by atoms with Gasteiger partial charge in [0.2, 0.25) is 17.7 Å². The van der Waals surface area contributed by atoms with Crippen LogP contribution in [-0.4, -0.2) is 72.1 Å². The standard InChI is InChI=1S/C34H51N5O6/c1-7-27-17-25(39-45-27)18-30(40)36-20-31(41)38-29(15-23(4)5)33(43)37-26(16-24-11-9-8-10-12-24)19-35-28(14-13-22(2)3)32(42)34(6)21-44-34/h8-12,17,22-23,26,28-29,35H,7,13-16,18-21H2,1-6H3,(H,36,40)(H,37,43)(H,38,41). The highest BCUT2D eigenvalue weighted by Crippen LogP contribution is 2.29. The van der Waals surface area contributed by atoms with E-state index in [-0.39, 0.29) is 42.5 Å². The number of epoxide rings is 1. The number of carbonyl (C=O) groups is 4. The van der Waals surface area contributed by atoms with Crippen LogP contribution in [0.15, 0.2) is 40.9 Å². The van der Waals surface area contributed by atoms with Gasteiger partial charge in [0.1, 0.15) is 17.4 Å². The number of ketones is 1. The number of hydrogen-bond donors (Lipinski definition) is 4. The number of hydrogen-bond acceptors (Lipinski definition) is 8. The first-order chi connectivity index (χ1) is 21.4. The summed E-state index contributed by atoms with van der Waals surface area (Å²) in [6.45, 7) is 12.5. The minimum absolute atomic E-state index is 0.00715. The second-order valence-electron chi connectivity index (χ2n) is 13.1. The highest BCUT2D eigenvalue weighted by Gasteiger charge is 2.49. The number of Topliss-reactive ketones (excluding diaryl/α,β-unsaturated/α-hetero) is 1. The lowest BCUT2D eigenvalue weighted by atomic mass is 9.93. The molecule has 11 nitrogen and oxygen atoms in total. The van der Waals surface area contributed by atoms with Crippen LogP contribution >= 0.6 is 0 Å². The molecule has 3 amide bonds. The first-order valence-corrected chi connectivity index (χ1v) is 16.1. The Labute approximate surface area is 267 Å². The van der Waals surface area contributed by atoms with Crippen LogP contribution in [0.3, 0.4) is 0 Å². The van der Waals surface area contributed by atoms with Crippen molar-refractivity contribution in [2.45, 2.75) is 104 Å². The zero-order chi connectivity index (χ0) is 33.0. The molecule has 0 aliphatic carbocycles. The van der Waals surface area contributed by atoms with Crippen LogP contribution in [0.4, 0.5) is 0 Å². The molecule has 0 radical (unpaired) electrons. The summed E-state index contributed by atoms with van der Waals surface area (Å²) in [5.74, 6) is 0.135. The molecule has 45 heavy (non-hydrogen) atoms. The average molecular weight is 626 g/mol. The SMILES string of the molecule is CCc1cc(CC(=O)NCC(=O)NC(CC(C)C)C(=O)NC(CNC(CCC(C)C)C(=O)C2(C)CO2)Cc2ccccc2)no1. The summed E-state index contributed by atoms with van der Waals surface area (Å²) < 4.78 is 10.6. The number of ether oxygens (including phenoxy) is 1. The molecule has 3 rings (SSSR count). The number of rotatable bonds is 20. The fraction of sp³-hybridized carbons (Fsp3) is 0.618. The largest absolute Gasteiger partial charge is 0.362 e. The van der Waals surface area contributed by atoms with E-state index in [1.807, 2.05) is 58.0 Å². The van der Waals surface area contributed by atoms with Gasteiger partial charge in [-0.25, -0.2) is 0 Å². The summed E-state index contributed by atoms with van der Waals surface area (Å²) in [4.78, 5) is 52.1. The molecular formula is C34H51N5O6. The maximum Gasteiger partial charge on any atom is 0.242 e. The van der Waals surface area contributed by atoms with Gasteiger partial charge in [-0.05, 0) is 50.0 Å². The van der Waals surface area contributed by atoms with E-state index in [1.165, 1.54) is 0 Å². The Morgan fingerprint density at radius 2 is 1.67 bits per heavy atom. The molecular weight excluding hydrogens is 574 g/mol. The quantitative estimate of drug-likeness (QED) is 0.164. The molecule has 4 unspecified atom stereocenters. The molecule has 0 bridgehead atoms. The van der Waals surface area contributed by atoms with Crippen LogP contribution in [-0.2, 0) is 43.2 Å². The molecule has 0 spiro atoms. The van der Waals surface area contributed by atoms with Crippen molar-refractivity contribution in [3.63, 3.8) is 0 Å². The summed E-state index contributed by atoms with van der Waals surface area (Å²) in [5, 5.41) is 15.8. The number of aryl methyl sites for hydroxylation is 1. The number of nitrogens with one attached hydrogen (secondary N) is 4. The van der Waals surface area contributed by atoms with Crippen LogP contribution in [0, 0.1) is 11.8 Å².